The predicted molar refractivity (Wildman–Crippen MR) is 59.1 cm³/mol. The fourth-order valence-corrected chi connectivity index (χ4v) is 1.30. The van der Waals surface area contributed by atoms with E-state index < -0.39 is 10.9 Å². The molecule has 1 N–H and O–H groups in total. The van der Waals surface area contributed by atoms with Crippen LogP contribution in [-0.2, 0) is 0 Å². The Morgan fingerprint density at radius 2 is 1.57 bits per heavy atom. The number of nitrogens with one attached hydrogen (secondary N) is 1. The molecule has 0 amide bonds. The molecule has 0 aliphatic rings. The third-order valence-corrected chi connectivity index (χ3v) is 1.83. The van der Waals surface area contributed by atoms with E-state index in [1.165, 1.54) is 0 Å². The van der Waals surface area contributed by atoms with Crippen molar-refractivity contribution in [3.63, 3.8) is 0 Å². The van der Waals surface area contributed by atoms with Gasteiger partial charge in [-0.15, -0.1) is 0 Å². The third kappa shape index (κ3) is 1.78. The van der Waals surface area contributed by atoms with Gasteiger partial charge in [0.1, 0.15) is 11.4 Å². The van der Waals surface area contributed by atoms with Gasteiger partial charge in [-0.3, -0.25) is 9.59 Å². The van der Waals surface area contributed by atoms with Crippen LogP contribution in [-0.4, -0.2) is 19.6 Å². The van der Waals surface area contributed by atoms with Gasteiger partial charge in [-0.2, -0.15) is 0 Å². The van der Waals surface area contributed by atoms with Crippen molar-refractivity contribution in [3.05, 3.63) is 20.4 Å². The van der Waals surface area contributed by atoms with Crippen LogP contribution in [0.1, 0.15) is 20.8 Å². The average Bonchev–Trinajstić information content (AvgIpc) is 2.00. The fraction of sp³-hybridized carbons (Fsp3) is 0.600. The van der Waals surface area contributed by atoms with Gasteiger partial charge in [-0.1, -0.05) is 0 Å². The molecule has 0 unspecified atom stereocenters. The van der Waals surface area contributed by atoms with Crippen LogP contribution in [0, 0.1) is 0 Å². The summed E-state index contributed by atoms with van der Waals surface area (Å²) in [6, 6.07) is 0. The summed E-state index contributed by atoms with van der Waals surface area (Å²) in [6.07, 6.45) is 0. The maximum atomic E-state index is 11.3. The summed E-state index contributed by atoms with van der Waals surface area (Å²) in [7, 11) is 3.51. The van der Waals surface area contributed by atoms with Crippen molar-refractivity contribution in [2.24, 2.45) is 0 Å². The second kappa shape index (κ2) is 3.12. The molecule has 4 nitrogen and oxygen atoms in total. The Labute approximate surface area is 83.2 Å². The maximum absolute atomic E-state index is 11.3. The molecule has 1 aromatic carbocycles. The minimum absolute atomic E-state index is 0.201. The molecule has 0 aliphatic carbocycles. The van der Waals surface area contributed by atoms with Crippen LogP contribution in [0.3, 0.4) is 0 Å². The molecule has 1 aromatic rings. The van der Waals surface area contributed by atoms with Gasteiger partial charge >= 0.3 is 0 Å². The van der Waals surface area contributed by atoms with Crippen LogP contribution in [0.2, 0.25) is 0 Å². The number of rotatable bonds is 2. The second-order valence-electron chi connectivity index (χ2n) is 4.65. The molecule has 0 saturated heterocycles. The molecular formula is C10H16N2O2. The lowest BCUT2D eigenvalue weighted by atomic mass is 10.1. The van der Waals surface area contributed by atoms with E-state index in [4.69, 9.17) is 0 Å². The molecule has 0 radical (unpaired) electrons. The van der Waals surface area contributed by atoms with Gasteiger partial charge in [0.25, 0.3) is 10.9 Å². The minimum atomic E-state index is -0.413. The molecule has 0 heterocycles. The van der Waals surface area contributed by atoms with E-state index in [2.05, 4.69) is 5.32 Å². The van der Waals surface area contributed by atoms with E-state index in [-0.39, 0.29) is 5.54 Å². The highest BCUT2D eigenvalue weighted by molar-refractivity contribution is 5.75. The summed E-state index contributed by atoms with van der Waals surface area (Å²) in [4.78, 5) is 24.1. The highest BCUT2D eigenvalue weighted by atomic mass is 16.2. The van der Waals surface area contributed by atoms with Crippen molar-refractivity contribution >= 4 is 11.4 Å². The zero-order valence-corrected chi connectivity index (χ0v) is 9.26. The molecule has 0 aliphatic heterocycles. The van der Waals surface area contributed by atoms with Crippen LogP contribution < -0.4 is 21.1 Å². The molecule has 0 bridgehead atoms. The standard InChI is InChI=1S/C10H16N2O2/c1-10(2,3)11-6-7(12(4)5)9(14)8(6)13/h11H,1-5H3. The van der Waals surface area contributed by atoms with Crippen LogP contribution in [0.25, 0.3) is 0 Å². The van der Waals surface area contributed by atoms with Gasteiger partial charge in [0.05, 0.1) is 0 Å². The lowest BCUT2D eigenvalue weighted by Gasteiger charge is -2.26. The summed E-state index contributed by atoms with van der Waals surface area (Å²) in [6.45, 7) is 5.84. The Morgan fingerprint density at radius 3 is 1.93 bits per heavy atom. The molecule has 78 valence electrons. The number of hydrogen-bond donors (Lipinski definition) is 1. The van der Waals surface area contributed by atoms with E-state index in [0.29, 0.717) is 11.4 Å². The van der Waals surface area contributed by atoms with E-state index >= 15 is 0 Å². The summed E-state index contributed by atoms with van der Waals surface area (Å²) >= 11 is 0. The molecule has 0 saturated carbocycles. The third-order valence-electron chi connectivity index (χ3n) is 1.83. The molecule has 14 heavy (non-hydrogen) atoms. The summed E-state index contributed by atoms with van der Waals surface area (Å²) in [5.74, 6) is 0. The highest BCUT2D eigenvalue weighted by Crippen LogP contribution is 2.21. The largest absolute Gasteiger partial charge is 0.375 e. The van der Waals surface area contributed by atoms with E-state index in [1.807, 2.05) is 20.8 Å². The molecule has 0 spiro atoms. The van der Waals surface area contributed by atoms with Crippen molar-refractivity contribution in [1.29, 1.82) is 0 Å². The fourth-order valence-electron chi connectivity index (χ4n) is 1.30. The predicted octanol–water partition coefficient (Wildman–Crippen LogP) is 0.559. The first kappa shape index (κ1) is 10.8. The SMILES string of the molecule is CN(C)c1c(NC(C)(C)C)c(=O)c1=O. The molecule has 1 rings (SSSR count). The normalized spacial score (nSPS) is 11.8. The van der Waals surface area contributed by atoms with E-state index in [1.54, 1.807) is 19.0 Å². The van der Waals surface area contributed by atoms with E-state index in [9.17, 15) is 9.59 Å². The zero-order valence-electron chi connectivity index (χ0n) is 9.26. The Balaban J connectivity index is 3.06. The maximum Gasteiger partial charge on any atom is 0.253 e. The Morgan fingerprint density at radius 1 is 1.07 bits per heavy atom. The highest BCUT2D eigenvalue weighted by Gasteiger charge is 2.25. The van der Waals surface area contributed by atoms with Crippen LogP contribution in [0.4, 0.5) is 11.4 Å². The summed E-state index contributed by atoms with van der Waals surface area (Å²) in [5.41, 5.74) is -0.102. The Bertz CT molecular complexity index is 406. The average molecular weight is 196 g/mol. The van der Waals surface area contributed by atoms with Crippen molar-refractivity contribution < 1.29 is 0 Å². The lowest BCUT2D eigenvalue weighted by molar-refractivity contribution is 0.632. The zero-order chi connectivity index (χ0) is 11.1. The number of anilines is 2. The topological polar surface area (TPSA) is 49.4 Å². The molecular weight excluding hydrogens is 180 g/mol. The van der Waals surface area contributed by atoms with Gasteiger partial charge < -0.3 is 10.2 Å². The summed E-state index contributed by atoms with van der Waals surface area (Å²) in [5, 5.41) is 3.03. The molecule has 0 aromatic heterocycles. The van der Waals surface area contributed by atoms with Crippen molar-refractivity contribution in [2.45, 2.75) is 26.3 Å². The first-order valence-electron chi connectivity index (χ1n) is 4.53. The number of hydrogen-bond acceptors (Lipinski definition) is 4. The van der Waals surface area contributed by atoms with Crippen molar-refractivity contribution in [3.8, 4) is 0 Å². The Hall–Kier alpha value is -1.32. The smallest absolute Gasteiger partial charge is 0.253 e. The molecule has 0 atom stereocenters. The lowest BCUT2D eigenvalue weighted by Crippen LogP contribution is -2.43. The number of nitrogens with zero attached hydrogens (tertiary/aromatic N) is 1. The van der Waals surface area contributed by atoms with Gasteiger partial charge in [-0.25, -0.2) is 0 Å². The van der Waals surface area contributed by atoms with Crippen LogP contribution >= 0.6 is 0 Å². The summed E-state index contributed by atoms with van der Waals surface area (Å²) < 4.78 is 0. The van der Waals surface area contributed by atoms with Gasteiger partial charge in [0, 0.05) is 19.6 Å². The second-order valence-corrected chi connectivity index (χ2v) is 4.65. The van der Waals surface area contributed by atoms with E-state index in [0.717, 1.165) is 0 Å². The minimum Gasteiger partial charge on any atom is -0.375 e. The first-order chi connectivity index (χ1) is 6.24. The van der Waals surface area contributed by atoms with Gasteiger partial charge in [0.2, 0.25) is 0 Å². The van der Waals surface area contributed by atoms with Gasteiger partial charge in [-0.05, 0) is 20.8 Å². The molecule has 4 heteroatoms. The van der Waals surface area contributed by atoms with Gasteiger partial charge in [0.15, 0.2) is 0 Å². The Kier molecular flexibility index (Phi) is 2.39. The monoisotopic (exact) mass is 196 g/mol. The molecule has 0 fully saturated rings. The van der Waals surface area contributed by atoms with Crippen molar-refractivity contribution in [2.75, 3.05) is 24.3 Å². The first-order valence-corrected chi connectivity index (χ1v) is 4.53. The van der Waals surface area contributed by atoms with Crippen LogP contribution in [0.5, 0.6) is 0 Å². The quantitative estimate of drug-likeness (QED) is 0.702. The van der Waals surface area contributed by atoms with Crippen LogP contribution in [0.15, 0.2) is 9.59 Å². The van der Waals surface area contributed by atoms with Crippen molar-refractivity contribution in [1.82, 2.24) is 0 Å².